The summed E-state index contributed by atoms with van der Waals surface area (Å²) in [5.41, 5.74) is 2.10. The zero-order chi connectivity index (χ0) is 14.4. The number of nitrogens with zero attached hydrogens (tertiary/aromatic N) is 2. The zero-order valence-electron chi connectivity index (χ0n) is 13.0. The van der Waals surface area contributed by atoms with Gasteiger partial charge in [-0.3, -0.25) is 0 Å². The van der Waals surface area contributed by atoms with Gasteiger partial charge in [0.05, 0.1) is 6.10 Å². The van der Waals surface area contributed by atoms with Crippen molar-refractivity contribution in [2.75, 3.05) is 0 Å². The minimum absolute atomic E-state index is 0.152. The lowest BCUT2D eigenvalue weighted by Crippen LogP contribution is -2.23. The number of ether oxygens (including phenoxy) is 1. The van der Waals surface area contributed by atoms with Gasteiger partial charge in [-0.15, -0.1) is 0 Å². The minimum Gasteiger partial charge on any atom is -0.460 e. The lowest BCUT2D eigenvalue weighted by molar-refractivity contribution is 0.177. The predicted octanol–water partition coefficient (Wildman–Crippen LogP) is 3.10. The molecular weight excluding hydrogens is 238 g/mol. The molecule has 19 heavy (non-hydrogen) atoms. The van der Waals surface area contributed by atoms with Crippen LogP contribution in [0.1, 0.15) is 52.3 Å². The van der Waals surface area contributed by atoms with Gasteiger partial charge in [0.15, 0.2) is 0 Å². The molecule has 1 unspecified atom stereocenters. The number of aryl methyl sites for hydroxylation is 1. The van der Waals surface area contributed by atoms with Crippen molar-refractivity contribution in [2.45, 2.75) is 66.7 Å². The van der Waals surface area contributed by atoms with Crippen molar-refractivity contribution >= 4 is 0 Å². The Bertz CT molecular complexity index is 391. The van der Waals surface area contributed by atoms with E-state index in [-0.39, 0.29) is 6.10 Å². The summed E-state index contributed by atoms with van der Waals surface area (Å²) in [4.78, 5) is 8.72. The third kappa shape index (κ3) is 6.01. The quantitative estimate of drug-likeness (QED) is 0.823. The highest BCUT2D eigenvalue weighted by molar-refractivity contribution is 5.17. The fourth-order valence-corrected chi connectivity index (χ4v) is 1.91. The van der Waals surface area contributed by atoms with Gasteiger partial charge in [0.2, 0.25) is 0 Å². The fraction of sp³-hybridized carbons (Fsp3) is 0.733. The highest BCUT2D eigenvalue weighted by Crippen LogP contribution is 2.13. The molecule has 0 aliphatic heterocycles. The van der Waals surface area contributed by atoms with E-state index in [2.05, 4.69) is 49.9 Å². The molecule has 108 valence electrons. The molecule has 0 aliphatic rings. The lowest BCUT2D eigenvalue weighted by Gasteiger charge is -2.16. The number of rotatable bonds is 7. The summed E-state index contributed by atoms with van der Waals surface area (Å²) in [5.74, 6) is 0.616. The van der Waals surface area contributed by atoms with Crippen molar-refractivity contribution in [2.24, 2.45) is 5.92 Å². The second kappa shape index (κ2) is 7.43. The lowest BCUT2D eigenvalue weighted by atomic mass is 10.1. The fourth-order valence-electron chi connectivity index (χ4n) is 1.91. The van der Waals surface area contributed by atoms with Crippen molar-refractivity contribution in [3.63, 3.8) is 0 Å². The molecule has 0 saturated carbocycles. The van der Waals surface area contributed by atoms with Crippen LogP contribution in [0.15, 0.2) is 6.20 Å². The van der Waals surface area contributed by atoms with Crippen molar-refractivity contribution < 1.29 is 4.74 Å². The van der Waals surface area contributed by atoms with Crippen LogP contribution in [0.5, 0.6) is 6.01 Å². The average Bonchev–Trinajstić information content (AvgIpc) is 2.26. The molecule has 0 fully saturated rings. The Balaban J connectivity index is 2.60. The van der Waals surface area contributed by atoms with Gasteiger partial charge in [0, 0.05) is 30.0 Å². The van der Waals surface area contributed by atoms with E-state index in [1.165, 1.54) is 0 Å². The molecule has 0 aromatic carbocycles. The molecule has 1 atom stereocenters. The van der Waals surface area contributed by atoms with E-state index < -0.39 is 0 Å². The molecule has 0 aliphatic carbocycles. The molecule has 1 N–H and O–H groups in total. The Morgan fingerprint density at radius 1 is 1.21 bits per heavy atom. The van der Waals surface area contributed by atoms with Crippen molar-refractivity contribution in [3.05, 3.63) is 17.5 Å². The van der Waals surface area contributed by atoms with Crippen LogP contribution in [-0.2, 0) is 6.54 Å². The molecule has 4 heteroatoms. The Hall–Kier alpha value is -1.16. The Kier molecular flexibility index (Phi) is 6.22. The van der Waals surface area contributed by atoms with E-state index >= 15 is 0 Å². The second-order valence-corrected chi connectivity index (χ2v) is 5.86. The maximum atomic E-state index is 5.74. The van der Waals surface area contributed by atoms with Crippen molar-refractivity contribution in [1.82, 2.24) is 15.3 Å². The van der Waals surface area contributed by atoms with Gasteiger partial charge in [-0.2, -0.15) is 0 Å². The molecule has 0 saturated heterocycles. The van der Waals surface area contributed by atoms with Gasteiger partial charge in [-0.1, -0.05) is 27.7 Å². The van der Waals surface area contributed by atoms with Crippen LogP contribution in [0.4, 0.5) is 0 Å². The Morgan fingerprint density at radius 2 is 1.89 bits per heavy atom. The van der Waals surface area contributed by atoms with Crippen molar-refractivity contribution in [1.29, 1.82) is 0 Å². The van der Waals surface area contributed by atoms with Gasteiger partial charge >= 0.3 is 6.01 Å². The molecule has 1 aromatic rings. The summed E-state index contributed by atoms with van der Waals surface area (Å²) in [6.07, 6.45) is 3.02. The van der Waals surface area contributed by atoms with Crippen LogP contribution >= 0.6 is 0 Å². The Morgan fingerprint density at radius 3 is 2.42 bits per heavy atom. The molecule has 0 radical (unpaired) electrons. The van der Waals surface area contributed by atoms with Crippen LogP contribution in [0, 0.1) is 12.8 Å². The molecule has 1 heterocycles. The largest absolute Gasteiger partial charge is 0.460 e. The number of nitrogens with one attached hydrogen (secondary N) is 1. The van der Waals surface area contributed by atoms with E-state index in [0.717, 1.165) is 24.2 Å². The first-order valence-electron chi connectivity index (χ1n) is 7.11. The standard InChI is InChI=1S/C15H27N3O/c1-10(2)7-12(5)19-15-17-9-14(13(6)18-15)8-16-11(3)4/h9-12,16H,7-8H2,1-6H3. The summed E-state index contributed by atoms with van der Waals surface area (Å²) >= 11 is 0. The maximum Gasteiger partial charge on any atom is 0.316 e. The SMILES string of the molecule is Cc1nc(OC(C)CC(C)C)ncc1CNC(C)C. The average molecular weight is 265 g/mol. The first-order chi connectivity index (χ1) is 8.88. The minimum atomic E-state index is 0.152. The molecule has 0 bridgehead atoms. The van der Waals surface area contributed by atoms with E-state index in [1.54, 1.807) is 0 Å². The van der Waals surface area contributed by atoms with Crippen LogP contribution in [0.2, 0.25) is 0 Å². The van der Waals surface area contributed by atoms with E-state index in [9.17, 15) is 0 Å². The number of hydrogen-bond acceptors (Lipinski definition) is 4. The van der Waals surface area contributed by atoms with Gasteiger partial charge < -0.3 is 10.1 Å². The third-order valence-electron chi connectivity index (χ3n) is 2.87. The topological polar surface area (TPSA) is 47.0 Å². The van der Waals surface area contributed by atoms with E-state index in [1.807, 2.05) is 13.1 Å². The van der Waals surface area contributed by atoms with Gasteiger partial charge in [0.25, 0.3) is 0 Å². The smallest absolute Gasteiger partial charge is 0.316 e. The second-order valence-electron chi connectivity index (χ2n) is 5.86. The first-order valence-corrected chi connectivity index (χ1v) is 7.11. The van der Waals surface area contributed by atoms with Gasteiger partial charge in [0.1, 0.15) is 0 Å². The van der Waals surface area contributed by atoms with Crippen molar-refractivity contribution in [3.8, 4) is 6.01 Å². The molecule has 0 amide bonds. The van der Waals surface area contributed by atoms with Crippen LogP contribution in [0.25, 0.3) is 0 Å². The van der Waals surface area contributed by atoms with Crippen LogP contribution in [0.3, 0.4) is 0 Å². The molecular formula is C15H27N3O. The maximum absolute atomic E-state index is 5.74. The van der Waals surface area contributed by atoms with Gasteiger partial charge in [-0.05, 0) is 26.2 Å². The summed E-state index contributed by atoms with van der Waals surface area (Å²) in [6, 6.07) is 0.945. The predicted molar refractivity (Wildman–Crippen MR) is 78.3 cm³/mol. The molecule has 0 spiro atoms. The highest BCUT2D eigenvalue weighted by atomic mass is 16.5. The zero-order valence-corrected chi connectivity index (χ0v) is 13.0. The summed E-state index contributed by atoms with van der Waals surface area (Å²) < 4.78 is 5.74. The molecule has 4 nitrogen and oxygen atoms in total. The third-order valence-corrected chi connectivity index (χ3v) is 2.87. The van der Waals surface area contributed by atoms with Crippen LogP contribution < -0.4 is 10.1 Å². The summed E-state index contributed by atoms with van der Waals surface area (Å²) in [7, 11) is 0. The highest BCUT2D eigenvalue weighted by Gasteiger charge is 2.10. The Labute approximate surface area is 117 Å². The van der Waals surface area contributed by atoms with Crippen LogP contribution in [-0.4, -0.2) is 22.1 Å². The normalized spacial score (nSPS) is 13.1. The summed E-state index contributed by atoms with van der Waals surface area (Å²) in [6.45, 7) is 13.5. The summed E-state index contributed by atoms with van der Waals surface area (Å²) in [5, 5.41) is 3.37. The monoisotopic (exact) mass is 265 g/mol. The molecule has 1 rings (SSSR count). The number of hydrogen-bond donors (Lipinski definition) is 1. The van der Waals surface area contributed by atoms with Gasteiger partial charge in [-0.25, -0.2) is 9.97 Å². The van der Waals surface area contributed by atoms with E-state index in [4.69, 9.17) is 4.74 Å². The molecule has 1 aromatic heterocycles. The van der Waals surface area contributed by atoms with E-state index in [0.29, 0.717) is 18.0 Å². The first kappa shape index (κ1) is 15.9. The number of aromatic nitrogens is 2.